The molecule has 1 aromatic rings. The molecule has 2 atom stereocenters. The highest BCUT2D eigenvalue weighted by Gasteiger charge is 2.36. The molecule has 3 N–H and O–H groups in total. The van der Waals surface area contributed by atoms with Crippen LogP contribution in [0.25, 0.3) is 0 Å². The largest absolute Gasteiger partial charge is 0.416 e. The molecule has 1 saturated heterocycles. The van der Waals surface area contributed by atoms with Crippen LogP contribution in [0.3, 0.4) is 0 Å². The molecule has 0 aliphatic carbocycles. The fourth-order valence-corrected chi connectivity index (χ4v) is 4.64. The molecule has 1 aliphatic heterocycles. The van der Waals surface area contributed by atoms with E-state index in [2.05, 4.69) is 4.72 Å². The van der Waals surface area contributed by atoms with Gasteiger partial charge in [0.1, 0.15) is 6.04 Å². The van der Waals surface area contributed by atoms with Gasteiger partial charge in [-0.25, -0.2) is 8.42 Å². The number of alkyl halides is 3. The minimum Gasteiger partial charge on any atom is -0.369 e. The summed E-state index contributed by atoms with van der Waals surface area (Å²) in [6.07, 6.45) is -3.45. The van der Waals surface area contributed by atoms with Crippen LogP contribution in [0.4, 0.5) is 13.2 Å². The monoisotopic (exact) mass is 449 g/mol. The van der Waals surface area contributed by atoms with E-state index in [0.717, 1.165) is 18.2 Å². The maximum Gasteiger partial charge on any atom is 0.416 e. The first-order chi connectivity index (χ1) is 13.9. The van der Waals surface area contributed by atoms with Crippen molar-refractivity contribution in [3.05, 3.63) is 29.8 Å². The minimum atomic E-state index is -4.69. The second-order valence-electron chi connectivity index (χ2n) is 7.51. The zero-order valence-electron chi connectivity index (χ0n) is 16.8. The molecule has 30 heavy (non-hydrogen) atoms. The number of nitrogens with zero attached hydrogens (tertiary/aromatic N) is 1. The van der Waals surface area contributed by atoms with Crippen molar-refractivity contribution in [2.24, 2.45) is 17.6 Å². The molecule has 0 aromatic heterocycles. The van der Waals surface area contributed by atoms with E-state index in [-0.39, 0.29) is 19.0 Å². The third-order valence-corrected chi connectivity index (χ3v) is 6.88. The Morgan fingerprint density at radius 2 is 1.87 bits per heavy atom. The number of nitrogens with one attached hydrogen (secondary N) is 1. The molecule has 2 rings (SSSR count). The highest BCUT2D eigenvalue weighted by atomic mass is 32.2. The molecule has 0 unspecified atom stereocenters. The van der Waals surface area contributed by atoms with Gasteiger partial charge in [0.2, 0.25) is 21.8 Å². The summed E-state index contributed by atoms with van der Waals surface area (Å²) < 4.78 is 66.7. The van der Waals surface area contributed by atoms with Crippen molar-refractivity contribution in [1.82, 2.24) is 9.62 Å². The van der Waals surface area contributed by atoms with Crippen molar-refractivity contribution in [2.75, 3.05) is 13.1 Å². The van der Waals surface area contributed by atoms with Crippen LogP contribution in [0.5, 0.6) is 0 Å². The predicted octanol–water partition coefficient (Wildman–Crippen LogP) is 2.12. The van der Waals surface area contributed by atoms with Crippen LogP contribution >= 0.6 is 0 Å². The SMILES string of the molecule is CC[C@@H](C)[C@@H](NS(=O)(=O)c1cccc(C(F)(F)F)c1)C(=O)N1CCC(C(N)=O)CC1. The van der Waals surface area contributed by atoms with Gasteiger partial charge in [0.05, 0.1) is 10.5 Å². The second-order valence-corrected chi connectivity index (χ2v) is 9.23. The number of primary amides is 1. The fourth-order valence-electron chi connectivity index (χ4n) is 3.30. The highest BCUT2D eigenvalue weighted by Crippen LogP contribution is 2.30. The Labute approximate surface area is 173 Å². The molecule has 0 spiro atoms. The molecule has 2 amide bonds. The van der Waals surface area contributed by atoms with E-state index in [9.17, 15) is 31.2 Å². The molecule has 7 nitrogen and oxygen atoms in total. The third-order valence-electron chi connectivity index (χ3n) is 5.44. The maximum atomic E-state index is 13.0. The number of hydrogen-bond donors (Lipinski definition) is 2. The lowest BCUT2D eigenvalue weighted by atomic mass is 9.94. The first kappa shape index (κ1) is 24.1. The van der Waals surface area contributed by atoms with Gasteiger partial charge >= 0.3 is 6.18 Å². The number of amides is 2. The Morgan fingerprint density at radius 1 is 1.27 bits per heavy atom. The number of benzene rings is 1. The van der Waals surface area contributed by atoms with Crippen LogP contribution in [-0.2, 0) is 25.8 Å². The van der Waals surface area contributed by atoms with Crippen LogP contribution in [0.15, 0.2) is 29.2 Å². The Balaban J connectivity index is 2.24. The number of sulfonamides is 1. The number of piperidine rings is 1. The number of carbonyl (C=O) groups excluding carboxylic acids is 2. The van der Waals surface area contributed by atoms with E-state index >= 15 is 0 Å². The lowest BCUT2D eigenvalue weighted by Crippen LogP contribution is -2.53. The van der Waals surface area contributed by atoms with Gasteiger partial charge < -0.3 is 10.6 Å². The van der Waals surface area contributed by atoms with Crippen molar-refractivity contribution in [1.29, 1.82) is 0 Å². The standard InChI is InChI=1S/C19H26F3N3O4S/c1-3-12(2)16(18(27)25-9-7-13(8-10-25)17(23)26)24-30(28,29)15-6-4-5-14(11-15)19(20,21)22/h4-6,11-13,16,24H,3,7-10H2,1-2H3,(H2,23,26)/t12-,16-/m1/s1. The van der Waals surface area contributed by atoms with Crippen molar-refractivity contribution in [3.63, 3.8) is 0 Å². The quantitative estimate of drug-likeness (QED) is 0.664. The highest BCUT2D eigenvalue weighted by molar-refractivity contribution is 7.89. The van der Waals surface area contributed by atoms with Crippen molar-refractivity contribution < 1.29 is 31.2 Å². The summed E-state index contributed by atoms with van der Waals surface area (Å²) in [5.74, 6) is -1.64. The summed E-state index contributed by atoms with van der Waals surface area (Å²) in [4.78, 5) is 25.2. The van der Waals surface area contributed by atoms with Gasteiger partial charge in [-0.05, 0) is 37.0 Å². The number of nitrogens with two attached hydrogens (primary N) is 1. The first-order valence-corrected chi connectivity index (χ1v) is 11.1. The lowest BCUT2D eigenvalue weighted by Gasteiger charge is -2.35. The summed E-state index contributed by atoms with van der Waals surface area (Å²) in [6, 6.07) is 2.23. The molecular formula is C19H26F3N3O4S. The van der Waals surface area contributed by atoms with Crippen molar-refractivity contribution in [3.8, 4) is 0 Å². The summed E-state index contributed by atoms with van der Waals surface area (Å²) in [7, 11) is -4.38. The first-order valence-electron chi connectivity index (χ1n) is 9.64. The van der Waals surface area contributed by atoms with E-state index in [1.807, 2.05) is 0 Å². The Bertz CT molecular complexity index is 881. The topological polar surface area (TPSA) is 110 Å². The van der Waals surface area contributed by atoms with E-state index in [1.54, 1.807) is 13.8 Å². The molecule has 1 aromatic carbocycles. The average Bonchev–Trinajstić information content (AvgIpc) is 2.70. The Morgan fingerprint density at radius 3 is 2.37 bits per heavy atom. The number of hydrogen-bond acceptors (Lipinski definition) is 4. The van der Waals surface area contributed by atoms with Gasteiger partial charge in [-0.15, -0.1) is 0 Å². The van der Waals surface area contributed by atoms with E-state index < -0.39 is 50.4 Å². The van der Waals surface area contributed by atoms with Crippen LogP contribution in [-0.4, -0.2) is 44.3 Å². The Hall–Kier alpha value is -2.14. The third kappa shape index (κ3) is 5.72. The van der Waals surface area contributed by atoms with Crippen molar-refractivity contribution in [2.45, 2.75) is 50.2 Å². The lowest BCUT2D eigenvalue weighted by molar-refractivity contribution is -0.138. The van der Waals surface area contributed by atoms with Gasteiger partial charge in [-0.1, -0.05) is 26.3 Å². The van der Waals surface area contributed by atoms with Crippen LogP contribution in [0.2, 0.25) is 0 Å². The zero-order valence-corrected chi connectivity index (χ0v) is 17.6. The van der Waals surface area contributed by atoms with Gasteiger partial charge in [0, 0.05) is 19.0 Å². The summed E-state index contributed by atoms with van der Waals surface area (Å²) in [6.45, 7) is 3.98. The number of likely N-dealkylation sites (tertiary alicyclic amines) is 1. The molecule has 1 fully saturated rings. The minimum absolute atomic E-state index is 0.255. The molecule has 1 heterocycles. The molecule has 0 bridgehead atoms. The summed E-state index contributed by atoms with van der Waals surface area (Å²) in [5, 5.41) is 0. The Kier molecular flexibility index (Phi) is 7.51. The predicted molar refractivity (Wildman–Crippen MR) is 104 cm³/mol. The smallest absolute Gasteiger partial charge is 0.369 e. The van der Waals surface area contributed by atoms with Crippen molar-refractivity contribution >= 4 is 21.8 Å². The number of carbonyl (C=O) groups is 2. The van der Waals surface area contributed by atoms with Crippen LogP contribution in [0, 0.1) is 11.8 Å². The fraction of sp³-hybridized carbons (Fsp3) is 0.579. The second kappa shape index (κ2) is 9.34. The zero-order chi connectivity index (χ0) is 22.7. The van der Waals surface area contributed by atoms with Gasteiger partial charge in [0.15, 0.2) is 0 Å². The van der Waals surface area contributed by atoms with E-state index in [0.29, 0.717) is 25.3 Å². The molecule has 168 valence electrons. The summed E-state index contributed by atoms with van der Waals surface area (Å²) >= 11 is 0. The van der Waals surface area contributed by atoms with Gasteiger partial charge in [0.25, 0.3) is 0 Å². The van der Waals surface area contributed by atoms with Crippen LogP contribution < -0.4 is 10.5 Å². The van der Waals surface area contributed by atoms with Crippen LogP contribution in [0.1, 0.15) is 38.7 Å². The average molecular weight is 449 g/mol. The number of halogens is 3. The van der Waals surface area contributed by atoms with E-state index in [1.165, 1.54) is 4.90 Å². The summed E-state index contributed by atoms with van der Waals surface area (Å²) in [5.41, 5.74) is 4.20. The maximum absolute atomic E-state index is 13.0. The molecule has 1 aliphatic rings. The van der Waals surface area contributed by atoms with Gasteiger partial charge in [-0.3, -0.25) is 9.59 Å². The molecular weight excluding hydrogens is 423 g/mol. The van der Waals surface area contributed by atoms with Gasteiger partial charge in [-0.2, -0.15) is 17.9 Å². The molecule has 0 radical (unpaired) electrons. The molecule has 0 saturated carbocycles. The normalized spacial score (nSPS) is 18.1. The van der Waals surface area contributed by atoms with E-state index in [4.69, 9.17) is 5.73 Å². The molecule has 11 heteroatoms. The number of rotatable bonds is 7.